The van der Waals surface area contributed by atoms with Gasteiger partial charge in [-0.05, 0) is 24.3 Å². The zero-order chi connectivity index (χ0) is 24.1. The third-order valence-corrected chi connectivity index (χ3v) is 6.31. The first-order valence-electron chi connectivity index (χ1n) is 10.7. The van der Waals surface area contributed by atoms with E-state index < -0.39 is 0 Å². The van der Waals surface area contributed by atoms with Gasteiger partial charge in [-0.1, -0.05) is 12.1 Å². The molecule has 0 unspecified atom stereocenters. The number of benzene rings is 2. The summed E-state index contributed by atoms with van der Waals surface area (Å²) in [6.45, 7) is 2.52. The number of methoxy groups -OCH3 is 3. The Kier molecular flexibility index (Phi) is 7.17. The highest BCUT2D eigenvalue weighted by Crippen LogP contribution is 2.29. The van der Waals surface area contributed by atoms with E-state index >= 15 is 0 Å². The highest BCUT2D eigenvalue weighted by molar-refractivity contribution is 7.14. The summed E-state index contributed by atoms with van der Waals surface area (Å²) >= 11 is 1.21. The van der Waals surface area contributed by atoms with Crippen molar-refractivity contribution in [3.63, 3.8) is 0 Å². The van der Waals surface area contributed by atoms with Crippen LogP contribution >= 0.6 is 11.3 Å². The molecule has 0 aliphatic carbocycles. The van der Waals surface area contributed by atoms with E-state index in [0.717, 1.165) is 11.4 Å². The summed E-state index contributed by atoms with van der Waals surface area (Å²) in [6.07, 6.45) is 0. The topological polar surface area (TPSA) is 93.2 Å². The van der Waals surface area contributed by atoms with Gasteiger partial charge in [0.05, 0.1) is 27.0 Å². The van der Waals surface area contributed by atoms with E-state index in [1.54, 1.807) is 35.6 Å². The van der Waals surface area contributed by atoms with Crippen molar-refractivity contribution < 1.29 is 23.8 Å². The molecule has 0 spiro atoms. The van der Waals surface area contributed by atoms with Crippen molar-refractivity contribution in [1.29, 1.82) is 0 Å². The van der Waals surface area contributed by atoms with Crippen molar-refractivity contribution in [2.75, 3.05) is 57.7 Å². The third kappa shape index (κ3) is 5.07. The van der Waals surface area contributed by atoms with Crippen LogP contribution in [0.1, 0.15) is 20.8 Å². The van der Waals surface area contributed by atoms with Gasteiger partial charge < -0.3 is 24.0 Å². The molecule has 178 valence electrons. The van der Waals surface area contributed by atoms with Crippen molar-refractivity contribution in [2.24, 2.45) is 0 Å². The first-order valence-corrected chi connectivity index (χ1v) is 11.6. The van der Waals surface area contributed by atoms with Gasteiger partial charge in [-0.25, -0.2) is 4.98 Å². The number of thiazole rings is 1. The Labute approximate surface area is 201 Å². The Morgan fingerprint density at radius 1 is 0.941 bits per heavy atom. The van der Waals surface area contributed by atoms with Gasteiger partial charge in [-0.15, -0.1) is 11.3 Å². The molecule has 1 aliphatic rings. The van der Waals surface area contributed by atoms with Crippen LogP contribution in [0.3, 0.4) is 0 Å². The molecule has 1 aromatic heterocycles. The summed E-state index contributed by atoms with van der Waals surface area (Å²) in [5.74, 6) is 1.31. The van der Waals surface area contributed by atoms with Crippen molar-refractivity contribution in [3.05, 3.63) is 59.1 Å². The fraction of sp³-hybridized carbons (Fsp3) is 0.292. The number of hydrogen-bond donors (Lipinski definition) is 1. The number of nitrogens with zero attached hydrogens (tertiary/aromatic N) is 3. The van der Waals surface area contributed by atoms with E-state index in [1.165, 1.54) is 25.6 Å². The van der Waals surface area contributed by atoms with Gasteiger partial charge in [0.1, 0.15) is 22.9 Å². The minimum atomic E-state index is -0.365. The van der Waals surface area contributed by atoms with Crippen LogP contribution in [0.2, 0.25) is 0 Å². The summed E-state index contributed by atoms with van der Waals surface area (Å²) in [5.41, 5.74) is 1.70. The lowest BCUT2D eigenvalue weighted by atomic mass is 10.2. The SMILES string of the molecule is COc1cc(OC)cc(C(=O)Nc2nc(C(=O)N3CCN(c4ccccc4OC)CC3)cs2)c1. The number of carbonyl (C=O) groups is 2. The maximum atomic E-state index is 13.0. The van der Waals surface area contributed by atoms with Crippen molar-refractivity contribution >= 4 is 34.0 Å². The van der Waals surface area contributed by atoms with Gasteiger partial charge in [0.2, 0.25) is 0 Å². The zero-order valence-corrected chi connectivity index (χ0v) is 20.1. The van der Waals surface area contributed by atoms with E-state index in [4.69, 9.17) is 14.2 Å². The van der Waals surface area contributed by atoms with Crippen molar-refractivity contribution in [2.45, 2.75) is 0 Å². The lowest BCUT2D eigenvalue weighted by Crippen LogP contribution is -2.49. The second kappa shape index (κ2) is 10.4. The van der Waals surface area contributed by atoms with E-state index in [2.05, 4.69) is 15.2 Å². The molecule has 4 rings (SSSR count). The van der Waals surface area contributed by atoms with Gasteiger partial charge in [0.25, 0.3) is 11.8 Å². The number of piperazine rings is 1. The maximum absolute atomic E-state index is 13.0. The number of rotatable bonds is 7. The molecular formula is C24H26N4O5S. The highest BCUT2D eigenvalue weighted by Gasteiger charge is 2.25. The number of hydrogen-bond acceptors (Lipinski definition) is 8. The fourth-order valence-electron chi connectivity index (χ4n) is 3.74. The van der Waals surface area contributed by atoms with Gasteiger partial charge in [0.15, 0.2) is 5.13 Å². The number of carbonyl (C=O) groups excluding carboxylic acids is 2. The lowest BCUT2D eigenvalue weighted by molar-refractivity contribution is 0.0741. The molecule has 0 bridgehead atoms. The number of aromatic nitrogens is 1. The summed E-state index contributed by atoms with van der Waals surface area (Å²) < 4.78 is 15.9. The minimum absolute atomic E-state index is 0.153. The fourth-order valence-corrected chi connectivity index (χ4v) is 4.42. The lowest BCUT2D eigenvalue weighted by Gasteiger charge is -2.36. The molecule has 2 aromatic carbocycles. The molecule has 1 saturated heterocycles. The standard InChI is InChI=1S/C24H26N4O5S/c1-31-17-12-16(13-18(14-17)32-2)22(29)26-24-25-19(15-34-24)23(30)28-10-8-27(9-11-28)20-6-4-5-7-21(20)33-3/h4-7,12-15H,8-11H2,1-3H3,(H,25,26,29). The second-order valence-electron chi connectivity index (χ2n) is 7.54. The number of amides is 2. The third-order valence-electron chi connectivity index (χ3n) is 5.55. The van der Waals surface area contributed by atoms with E-state index in [9.17, 15) is 9.59 Å². The smallest absolute Gasteiger partial charge is 0.273 e. The molecule has 34 heavy (non-hydrogen) atoms. The minimum Gasteiger partial charge on any atom is -0.497 e. The van der Waals surface area contributed by atoms with Crippen molar-refractivity contribution in [1.82, 2.24) is 9.88 Å². The van der Waals surface area contributed by atoms with Crippen LogP contribution in [0.4, 0.5) is 10.8 Å². The zero-order valence-electron chi connectivity index (χ0n) is 19.2. The average molecular weight is 483 g/mol. The molecule has 10 heteroatoms. The molecule has 1 aliphatic heterocycles. The van der Waals surface area contributed by atoms with Crippen LogP contribution in [0.25, 0.3) is 0 Å². The molecule has 0 radical (unpaired) electrons. The molecule has 0 saturated carbocycles. The predicted molar refractivity (Wildman–Crippen MR) is 131 cm³/mol. The number of nitrogens with one attached hydrogen (secondary N) is 1. The van der Waals surface area contributed by atoms with Crippen molar-refractivity contribution in [3.8, 4) is 17.2 Å². The molecule has 2 heterocycles. The summed E-state index contributed by atoms with van der Waals surface area (Å²) in [5, 5.41) is 4.76. The highest BCUT2D eigenvalue weighted by atomic mass is 32.1. The first-order chi connectivity index (χ1) is 16.5. The van der Waals surface area contributed by atoms with Crippen LogP contribution in [0.5, 0.6) is 17.2 Å². The van der Waals surface area contributed by atoms with Gasteiger partial charge in [0, 0.05) is 43.2 Å². The Hall–Kier alpha value is -3.79. The molecule has 3 aromatic rings. The van der Waals surface area contributed by atoms with Gasteiger partial charge in [-0.3, -0.25) is 14.9 Å². The first kappa shape index (κ1) is 23.4. The molecule has 2 amide bonds. The summed E-state index contributed by atoms with van der Waals surface area (Å²) in [6, 6.07) is 12.8. The average Bonchev–Trinajstić information content (AvgIpc) is 3.36. The number of ether oxygens (including phenoxy) is 3. The number of para-hydroxylation sites is 2. The Morgan fingerprint density at radius 2 is 1.62 bits per heavy atom. The van der Waals surface area contributed by atoms with E-state index in [-0.39, 0.29) is 11.8 Å². The quantitative estimate of drug-likeness (QED) is 0.552. The Balaban J connectivity index is 1.38. The summed E-state index contributed by atoms with van der Waals surface area (Å²) in [7, 11) is 4.69. The van der Waals surface area contributed by atoms with Gasteiger partial charge >= 0.3 is 0 Å². The second-order valence-corrected chi connectivity index (χ2v) is 8.40. The normalized spacial score (nSPS) is 13.4. The van der Waals surface area contributed by atoms with Gasteiger partial charge in [-0.2, -0.15) is 0 Å². The maximum Gasteiger partial charge on any atom is 0.273 e. The van der Waals surface area contributed by atoms with E-state index in [0.29, 0.717) is 54.1 Å². The molecule has 1 fully saturated rings. The summed E-state index contributed by atoms with van der Waals surface area (Å²) in [4.78, 5) is 34.0. The van der Waals surface area contributed by atoms with Crippen LogP contribution in [0, 0.1) is 0 Å². The van der Waals surface area contributed by atoms with Crippen LogP contribution in [-0.4, -0.2) is 69.2 Å². The predicted octanol–water partition coefficient (Wildman–Crippen LogP) is 3.38. The van der Waals surface area contributed by atoms with Crippen LogP contribution in [0.15, 0.2) is 47.8 Å². The Morgan fingerprint density at radius 3 is 2.26 bits per heavy atom. The Bertz CT molecular complexity index is 1150. The molecule has 9 nitrogen and oxygen atoms in total. The number of anilines is 2. The molecular weight excluding hydrogens is 456 g/mol. The molecule has 0 atom stereocenters. The van der Waals surface area contributed by atoms with E-state index in [1.807, 2.05) is 24.3 Å². The van der Waals surface area contributed by atoms with Crippen LogP contribution < -0.4 is 24.4 Å². The van der Waals surface area contributed by atoms with Crippen LogP contribution in [-0.2, 0) is 0 Å². The monoisotopic (exact) mass is 482 g/mol. The molecule has 1 N–H and O–H groups in total. The largest absolute Gasteiger partial charge is 0.497 e.